The van der Waals surface area contributed by atoms with Crippen molar-refractivity contribution in [3.8, 4) is 0 Å². The summed E-state index contributed by atoms with van der Waals surface area (Å²) in [6.07, 6.45) is 6.71. The number of aliphatic carboxylic acids is 1. The lowest BCUT2D eigenvalue weighted by molar-refractivity contribution is -0.136. The van der Waals surface area contributed by atoms with Crippen LogP contribution in [0.5, 0.6) is 0 Å². The third-order valence-corrected chi connectivity index (χ3v) is 7.71. The van der Waals surface area contributed by atoms with E-state index in [2.05, 4.69) is 21.8 Å². The van der Waals surface area contributed by atoms with Crippen LogP contribution < -0.4 is 4.72 Å². The Morgan fingerprint density at radius 2 is 1.88 bits per heavy atom. The molecule has 1 atom stereocenters. The van der Waals surface area contributed by atoms with Crippen LogP contribution in [0.25, 0.3) is 0 Å². The molecule has 2 N–H and O–H groups in total. The molecular formula is C25H25ClN2O4S. The van der Waals surface area contributed by atoms with Gasteiger partial charge in [-0.2, -0.15) is 0 Å². The van der Waals surface area contributed by atoms with Gasteiger partial charge in [0.25, 0.3) is 0 Å². The SMILES string of the molecule is O=C(O)CCc1cc2c(cc1Cc1cccnc1)CC(NS(=O)(=O)c1ccc(Cl)cc1)CC2. The number of pyridine rings is 1. The highest BCUT2D eigenvalue weighted by atomic mass is 35.5. The first-order chi connectivity index (χ1) is 15.8. The number of aryl methyl sites for hydroxylation is 2. The second-order valence-corrected chi connectivity index (χ2v) is 10.5. The van der Waals surface area contributed by atoms with Crippen LogP contribution in [0, 0.1) is 0 Å². The molecule has 1 aliphatic rings. The van der Waals surface area contributed by atoms with Crippen LogP contribution in [0.15, 0.2) is 65.8 Å². The van der Waals surface area contributed by atoms with Gasteiger partial charge in [-0.25, -0.2) is 13.1 Å². The Balaban J connectivity index is 1.57. The molecule has 0 spiro atoms. The van der Waals surface area contributed by atoms with Crippen molar-refractivity contribution in [2.75, 3.05) is 0 Å². The lowest BCUT2D eigenvalue weighted by atomic mass is 9.84. The van der Waals surface area contributed by atoms with Crippen molar-refractivity contribution in [2.24, 2.45) is 0 Å². The van der Waals surface area contributed by atoms with Crippen molar-refractivity contribution in [1.29, 1.82) is 0 Å². The van der Waals surface area contributed by atoms with Gasteiger partial charge in [-0.15, -0.1) is 0 Å². The van der Waals surface area contributed by atoms with E-state index in [0.717, 1.165) is 34.2 Å². The van der Waals surface area contributed by atoms with Crippen molar-refractivity contribution in [3.63, 3.8) is 0 Å². The van der Waals surface area contributed by atoms with Gasteiger partial charge in [-0.3, -0.25) is 9.78 Å². The first-order valence-corrected chi connectivity index (χ1v) is 12.7. The Bertz CT molecular complexity index is 1250. The van der Waals surface area contributed by atoms with E-state index in [1.54, 1.807) is 18.3 Å². The maximum atomic E-state index is 12.8. The topological polar surface area (TPSA) is 96.4 Å². The van der Waals surface area contributed by atoms with E-state index >= 15 is 0 Å². The summed E-state index contributed by atoms with van der Waals surface area (Å²) < 4.78 is 28.5. The third-order valence-electron chi connectivity index (χ3n) is 5.92. The van der Waals surface area contributed by atoms with Crippen molar-refractivity contribution < 1.29 is 18.3 Å². The zero-order chi connectivity index (χ0) is 23.4. The van der Waals surface area contributed by atoms with Crippen LogP contribution in [-0.2, 0) is 40.5 Å². The Kier molecular flexibility index (Phi) is 7.12. The smallest absolute Gasteiger partial charge is 0.303 e. The number of sulfonamides is 1. The van der Waals surface area contributed by atoms with Crippen LogP contribution in [0.2, 0.25) is 5.02 Å². The number of rotatable bonds is 8. The predicted octanol–water partition coefficient (Wildman–Crippen LogP) is 4.18. The molecule has 0 amide bonds. The second-order valence-electron chi connectivity index (χ2n) is 8.34. The molecule has 33 heavy (non-hydrogen) atoms. The van der Waals surface area contributed by atoms with E-state index in [9.17, 15) is 13.2 Å². The van der Waals surface area contributed by atoms with E-state index in [-0.39, 0.29) is 17.4 Å². The summed E-state index contributed by atoms with van der Waals surface area (Å²) in [5.41, 5.74) is 5.39. The summed E-state index contributed by atoms with van der Waals surface area (Å²) >= 11 is 5.88. The van der Waals surface area contributed by atoms with Gasteiger partial charge in [0.2, 0.25) is 10.0 Å². The normalized spacial score (nSPS) is 15.7. The molecule has 172 valence electrons. The molecule has 3 aromatic rings. The van der Waals surface area contributed by atoms with E-state index in [4.69, 9.17) is 16.7 Å². The average molecular weight is 485 g/mol. The van der Waals surface area contributed by atoms with Gasteiger partial charge < -0.3 is 5.11 Å². The molecule has 6 nitrogen and oxygen atoms in total. The van der Waals surface area contributed by atoms with Gasteiger partial charge in [-0.05, 0) is 90.3 Å². The zero-order valence-corrected chi connectivity index (χ0v) is 19.6. The van der Waals surface area contributed by atoms with Crippen molar-refractivity contribution in [3.05, 3.63) is 93.8 Å². The minimum Gasteiger partial charge on any atom is -0.481 e. The van der Waals surface area contributed by atoms with Gasteiger partial charge in [0.15, 0.2) is 0 Å². The summed E-state index contributed by atoms with van der Waals surface area (Å²) in [4.78, 5) is 15.5. The number of nitrogens with zero attached hydrogens (tertiary/aromatic N) is 1. The first-order valence-electron chi connectivity index (χ1n) is 10.8. The summed E-state index contributed by atoms with van der Waals surface area (Å²) in [5, 5.41) is 9.65. The average Bonchev–Trinajstić information content (AvgIpc) is 2.78. The molecule has 8 heteroatoms. The molecule has 0 saturated carbocycles. The third kappa shape index (κ3) is 5.99. The molecule has 0 saturated heterocycles. The maximum absolute atomic E-state index is 12.8. The van der Waals surface area contributed by atoms with Gasteiger partial charge in [0, 0.05) is 29.9 Å². The number of benzene rings is 2. The number of hydrogen-bond acceptors (Lipinski definition) is 4. The molecule has 1 unspecified atom stereocenters. The minimum atomic E-state index is -3.65. The molecule has 0 bridgehead atoms. The van der Waals surface area contributed by atoms with Gasteiger partial charge in [-0.1, -0.05) is 29.8 Å². The molecule has 4 rings (SSSR count). The van der Waals surface area contributed by atoms with Crippen molar-refractivity contribution in [1.82, 2.24) is 9.71 Å². The summed E-state index contributed by atoms with van der Waals surface area (Å²) in [6.45, 7) is 0. The van der Waals surface area contributed by atoms with Crippen LogP contribution >= 0.6 is 11.6 Å². The van der Waals surface area contributed by atoms with E-state index in [1.807, 2.05) is 18.3 Å². The Morgan fingerprint density at radius 1 is 1.12 bits per heavy atom. The Morgan fingerprint density at radius 3 is 2.58 bits per heavy atom. The number of carboxylic acid groups (broad SMARTS) is 1. The minimum absolute atomic E-state index is 0.0718. The number of fused-ring (bicyclic) bond motifs is 1. The van der Waals surface area contributed by atoms with Crippen LogP contribution in [0.4, 0.5) is 0 Å². The Hall–Kier alpha value is -2.74. The molecule has 1 heterocycles. The maximum Gasteiger partial charge on any atom is 0.303 e. The number of nitrogens with one attached hydrogen (secondary N) is 1. The summed E-state index contributed by atoms with van der Waals surface area (Å²) in [6, 6.07) is 14.0. The standard InChI is InChI=1S/C25H25ClN2O4S/c26-22-5-8-24(9-6-22)33(31,32)28-23-7-3-18-13-19(4-10-25(29)30)20(14-21(18)15-23)12-17-2-1-11-27-16-17/h1-2,5-6,8-9,11,13-14,16,23,28H,3-4,7,10,12,15H2,(H,29,30). The molecule has 0 aliphatic heterocycles. The number of carboxylic acids is 1. The number of carbonyl (C=O) groups is 1. The second kappa shape index (κ2) is 10.0. The van der Waals surface area contributed by atoms with Crippen LogP contribution in [-0.4, -0.2) is 30.5 Å². The zero-order valence-electron chi connectivity index (χ0n) is 18.0. The van der Waals surface area contributed by atoms with Crippen LogP contribution in [0.1, 0.15) is 40.7 Å². The lowest BCUT2D eigenvalue weighted by Crippen LogP contribution is -2.38. The molecule has 0 radical (unpaired) electrons. The number of aromatic nitrogens is 1. The summed E-state index contributed by atoms with van der Waals surface area (Å²) in [7, 11) is -3.65. The predicted molar refractivity (Wildman–Crippen MR) is 127 cm³/mol. The highest BCUT2D eigenvalue weighted by Gasteiger charge is 2.25. The molecule has 1 aliphatic carbocycles. The van der Waals surface area contributed by atoms with Crippen LogP contribution in [0.3, 0.4) is 0 Å². The monoisotopic (exact) mass is 484 g/mol. The van der Waals surface area contributed by atoms with Gasteiger partial charge >= 0.3 is 5.97 Å². The first kappa shape index (κ1) is 23.4. The summed E-state index contributed by atoms with van der Waals surface area (Å²) in [5.74, 6) is -0.822. The molecule has 2 aromatic carbocycles. The fourth-order valence-electron chi connectivity index (χ4n) is 4.27. The highest BCUT2D eigenvalue weighted by molar-refractivity contribution is 7.89. The molecular weight excluding hydrogens is 460 g/mol. The largest absolute Gasteiger partial charge is 0.481 e. The van der Waals surface area contributed by atoms with E-state index in [0.29, 0.717) is 30.7 Å². The van der Waals surface area contributed by atoms with Gasteiger partial charge in [0.1, 0.15) is 0 Å². The highest BCUT2D eigenvalue weighted by Crippen LogP contribution is 2.28. The van der Waals surface area contributed by atoms with Gasteiger partial charge in [0.05, 0.1) is 4.90 Å². The molecule has 1 aromatic heterocycles. The Labute approximate surface area is 198 Å². The fourth-order valence-corrected chi connectivity index (χ4v) is 5.67. The van der Waals surface area contributed by atoms with Crippen molar-refractivity contribution >= 4 is 27.6 Å². The lowest BCUT2D eigenvalue weighted by Gasteiger charge is -2.27. The van der Waals surface area contributed by atoms with E-state index in [1.165, 1.54) is 12.1 Å². The quantitative estimate of drug-likeness (QED) is 0.500. The number of halogens is 1. The fraction of sp³-hybridized carbons (Fsp3) is 0.280. The van der Waals surface area contributed by atoms with E-state index < -0.39 is 16.0 Å². The molecule has 0 fully saturated rings. The number of hydrogen-bond donors (Lipinski definition) is 2. The van der Waals surface area contributed by atoms with Crippen molar-refractivity contribution in [2.45, 2.75) is 49.5 Å².